The zero-order chi connectivity index (χ0) is 23.4. The second-order valence-corrected chi connectivity index (χ2v) is 9.70. The Morgan fingerprint density at radius 3 is 2.70 bits per heavy atom. The van der Waals surface area contributed by atoms with E-state index in [-0.39, 0.29) is 42.0 Å². The van der Waals surface area contributed by atoms with Gasteiger partial charge >= 0.3 is 0 Å². The van der Waals surface area contributed by atoms with E-state index in [2.05, 4.69) is 5.32 Å². The molecular weight excluding hydrogens is 465 g/mol. The highest BCUT2D eigenvalue weighted by atomic mass is 32.2. The smallest absolute Gasteiger partial charge is 0.293 e. The number of nitrogens with zero attached hydrogens (tertiary/aromatic N) is 2. The molecule has 0 aliphatic carbocycles. The molecule has 1 atom stereocenters. The van der Waals surface area contributed by atoms with Crippen LogP contribution in [0.25, 0.3) is 6.08 Å². The monoisotopic (exact) mass is 487 g/mol. The van der Waals surface area contributed by atoms with Crippen LogP contribution in [0.2, 0.25) is 0 Å². The van der Waals surface area contributed by atoms with Gasteiger partial charge in [0.05, 0.1) is 11.3 Å². The predicted molar refractivity (Wildman–Crippen MR) is 125 cm³/mol. The van der Waals surface area contributed by atoms with Crippen molar-refractivity contribution in [1.82, 2.24) is 15.1 Å². The number of halogens is 1. The number of likely N-dealkylation sites (tertiary alicyclic amines) is 1. The first-order valence-corrected chi connectivity index (χ1v) is 12.2. The lowest BCUT2D eigenvalue weighted by atomic mass is 10.2. The molecule has 1 unspecified atom stereocenters. The van der Waals surface area contributed by atoms with E-state index in [4.69, 9.17) is 0 Å². The fourth-order valence-electron chi connectivity index (χ4n) is 3.81. The molecule has 0 bridgehead atoms. The fourth-order valence-corrected chi connectivity index (χ4v) is 5.37. The minimum Gasteiger partial charge on any atom is -0.353 e. The largest absolute Gasteiger partial charge is 0.353 e. The highest BCUT2D eigenvalue weighted by Crippen LogP contribution is 2.32. The fraction of sp³-hybridized carbons (Fsp3) is 0.304. The molecule has 3 heterocycles. The Morgan fingerprint density at radius 2 is 1.97 bits per heavy atom. The Balaban J connectivity index is 1.29. The quantitative estimate of drug-likeness (QED) is 0.606. The molecule has 172 valence electrons. The number of rotatable bonds is 7. The molecule has 2 fully saturated rings. The van der Waals surface area contributed by atoms with Crippen molar-refractivity contribution in [2.24, 2.45) is 0 Å². The first kappa shape index (κ1) is 23.2. The summed E-state index contributed by atoms with van der Waals surface area (Å²) in [5, 5.41) is 4.25. The summed E-state index contributed by atoms with van der Waals surface area (Å²) in [4.78, 5) is 54.1. The summed E-state index contributed by atoms with van der Waals surface area (Å²) in [6, 6.07) is 8.86. The number of carbonyl (C=O) groups excluding carboxylic acids is 4. The van der Waals surface area contributed by atoms with Crippen molar-refractivity contribution in [2.75, 3.05) is 19.6 Å². The van der Waals surface area contributed by atoms with Crippen LogP contribution in [0.5, 0.6) is 0 Å². The number of imide groups is 1. The van der Waals surface area contributed by atoms with Gasteiger partial charge in [0.25, 0.3) is 11.1 Å². The summed E-state index contributed by atoms with van der Waals surface area (Å²) in [6.45, 7) is 0.677. The number of thioether (sulfide) groups is 1. The van der Waals surface area contributed by atoms with Crippen molar-refractivity contribution in [3.05, 3.63) is 62.9 Å². The first-order chi connectivity index (χ1) is 15.9. The number of amides is 4. The van der Waals surface area contributed by atoms with Gasteiger partial charge in [-0.3, -0.25) is 24.1 Å². The molecule has 2 aliphatic rings. The maximum absolute atomic E-state index is 13.1. The number of hydrogen-bond acceptors (Lipinski definition) is 6. The third-order valence-corrected chi connectivity index (χ3v) is 7.24. The number of nitrogens with one attached hydrogen (secondary N) is 1. The maximum Gasteiger partial charge on any atom is 0.293 e. The molecule has 0 spiro atoms. The molecule has 0 radical (unpaired) electrons. The third-order valence-electron chi connectivity index (χ3n) is 5.46. The molecule has 4 amide bonds. The first-order valence-electron chi connectivity index (χ1n) is 10.5. The molecule has 4 rings (SSSR count). The Hall–Kier alpha value is -2.98. The molecule has 2 aliphatic heterocycles. The molecule has 7 nitrogen and oxygen atoms in total. The van der Waals surface area contributed by atoms with Crippen LogP contribution in [-0.2, 0) is 20.8 Å². The van der Waals surface area contributed by atoms with Gasteiger partial charge in [-0.05, 0) is 59.8 Å². The standard InChI is InChI=1S/C23H22FN3O4S2/c24-16-7-5-15(6-8-16)13-19-22(30)27(23(31)33-19)11-9-25-21(29)18-4-1-10-26(18)20(28)14-17-3-2-12-32-17/h2-3,5-8,12-13,18H,1,4,9-11,14H2,(H,25,29)/b19-13-. The Labute approximate surface area is 198 Å². The number of carbonyl (C=O) groups is 4. The molecule has 33 heavy (non-hydrogen) atoms. The molecule has 1 aromatic carbocycles. The third kappa shape index (κ3) is 5.51. The minimum atomic E-state index is -0.536. The zero-order valence-corrected chi connectivity index (χ0v) is 19.3. The van der Waals surface area contributed by atoms with E-state index in [9.17, 15) is 23.6 Å². The van der Waals surface area contributed by atoms with Crippen LogP contribution in [0.1, 0.15) is 23.3 Å². The van der Waals surface area contributed by atoms with Crippen molar-refractivity contribution in [2.45, 2.75) is 25.3 Å². The second kappa shape index (κ2) is 10.3. The number of thiophene rings is 1. The summed E-state index contributed by atoms with van der Waals surface area (Å²) in [7, 11) is 0. The van der Waals surface area contributed by atoms with Gasteiger partial charge in [-0.1, -0.05) is 18.2 Å². The highest BCUT2D eigenvalue weighted by Gasteiger charge is 2.36. The van der Waals surface area contributed by atoms with Crippen LogP contribution in [0.4, 0.5) is 9.18 Å². The number of benzene rings is 1. The van der Waals surface area contributed by atoms with Crippen LogP contribution in [0.3, 0.4) is 0 Å². The van der Waals surface area contributed by atoms with Crippen LogP contribution < -0.4 is 5.32 Å². The molecule has 1 N–H and O–H groups in total. The van der Waals surface area contributed by atoms with Crippen LogP contribution in [0, 0.1) is 5.82 Å². The molecular formula is C23H22FN3O4S2. The molecule has 1 aromatic heterocycles. The summed E-state index contributed by atoms with van der Waals surface area (Å²) in [6.07, 6.45) is 3.16. The Bertz CT molecular complexity index is 1090. The van der Waals surface area contributed by atoms with Crippen LogP contribution >= 0.6 is 23.1 Å². The van der Waals surface area contributed by atoms with Crippen molar-refractivity contribution >= 4 is 52.1 Å². The Morgan fingerprint density at radius 1 is 1.18 bits per heavy atom. The van der Waals surface area contributed by atoms with Gasteiger partial charge in [0.1, 0.15) is 11.9 Å². The van der Waals surface area contributed by atoms with Gasteiger partial charge in [0.2, 0.25) is 11.8 Å². The van der Waals surface area contributed by atoms with Crippen LogP contribution in [0.15, 0.2) is 46.7 Å². The van der Waals surface area contributed by atoms with Gasteiger partial charge in [-0.25, -0.2) is 4.39 Å². The van der Waals surface area contributed by atoms with Gasteiger partial charge < -0.3 is 10.2 Å². The van der Waals surface area contributed by atoms with E-state index in [0.717, 1.165) is 28.0 Å². The van der Waals surface area contributed by atoms with E-state index in [1.807, 2.05) is 17.5 Å². The van der Waals surface area contributed by atoms with E-state index in [1.165, 1.54) is 35.6 Å². The lowest BCUT2D eigenvalue weighted by Gasteiger charge is -2.24. The van der Waals surface area contributed by atoms with E-state index >= 15 is 0 Å². The summed E-state index contributed by atoms with van der Waals surface area (Å²) in [5.41, 5.74) is 0.615. The van der Waals surface area contributed by atoms with Crippen molar-refractivity contribution in [1.29, 1.82) is 0 Å². The normalized spacial score (nSPS) is 19.5. The lowest BCUT2D eigenvalue weighted by molar-refractivity contribution is -0.137. The topological polar surface area (TPSA) is 86.8 Å². The predicted octanol–water partition coefficient (Wildman–Crippen LogP) is 3.27. The molecule has 2 saturated heterocycles. The lowest BCUT2D eigenvalue weighted by Crippen LogP contribution is -2.48. The van der Waals surface area contributed by atoms with E-state index < -0.39 is 17.2 Å². The van der Waals surface area contributed by atoms with Crippen molar-refractivity contribution in [3.63, 3.8) is 0 Å². The maximum atomic E-state index is 13.1. The average Bonchev–Trinajstić information content (AvgIpc) is 3.53. The van der Waals surface area contributed by atoms with E-state index in [1.54, 1.807) is 11.0 Å². The second-order valence-electron chi connectivity index (χ2n) is 7.68. The highest BCUT2D eigenvalue weighted by molar-refractivity contribution is 8.18. The zero-order valence-electron chi connectivity index (χ0n) is 17.7. The van der Waals surface area contributed by atoms with Gasteiger partial charge in [0.15, 0.2) is 0 Å². The van der Waals surface area contributed by atoms with Crippen molar-refractivity contribution < 1.29 is 23.6 Å². The summed E-state index contributed by atoms with van der Waals surface area (Å²) in [5.74, 6) is -1.19. The van der Waals surface area contributed by atoms with Gasteiger partial charge in [-0.15, -0.1) is 11.3 Å². The van der Waals surface area contributed by atoms with Gasteiger partial charge in [-0.2, -0.15) is 0 Å². The molecule has 2 aromatic rings. The molecule has 10 heteroatoms. The molecule has 0 saturated carbocycles. The minimum absolute atomic E-state index is 0.0347. The SMILES string of the molecule is O=C(NCCN1C(=O)S/C(=C\c2ccc(F)cc2)C1=O)C1CCCN1C(=O)Cc1cccs1. The van der Waals surface area contributed by atoms with Gasteiger partial charge in [0, 0.05) is 24.5 Å². The average molecular weight is 488 g/mol. The van der Waals surface area contributed by atoms with Crippen molar-refractivity contribution in [3.8, 4) is 0 Å². The summed E-state index contributed by atoms with van der Waals surface area (Å²) >= 11 is 2.32. The number of hydrogen-bond donors (Lipinski definition) is 1. The Kier molecular flexibility index (Phi) is 7.24. The van der Waals surface area contributed by atoms with Crippen LogP contribution in [-0.4, -0.2) is 58.4 Å². The summed E-state index contributed by atoms with van der Waals surface area (Å²) < 4.78 is 13.1. The van der Waals surface area contributed by atoms with E-state index in [0.29, 0.717) is 18.5 Å².